The van der Waals surface area contributed by atoms with Crippen molar-refractivity contribution in [3.63, 3.8) is 0 Å². The van der Waals surface area contributed by atoms with Crippen LogP contribution in [-0.2, 0) is 4.74 Å². The number of carbonyl (C=O) groups is 1. The molecule has 18 heavy (non-hydrogen) atoms. The molecule has 3 atom stereocenters. The molecule has 1 aromatic heterocycles. The Morgan fingerprint density at radius 1 is 1.33 bits per heavy atom. The minimum absolute atomic E-state index is 0.119. The van der Waals surface area contributed by atoms with Gasteiger partial charge in [0.25, 0.3) is 5.91 Å². The number of hydrogen-bond acceptors (Lipinski definition) is 3. The van der Waals surface area contributed by atoms with Gasteiger partial charge in [-0.05, 0) is 55.0 Å². The Bertz CT molecular complexity index is 480. The van der Waals surface area contributed by atoms with Gasteiger partial charge < -0.3 is 10.1 Å². The summed E-state index contributed by atoms with van der Waals surface area (Å²) in [7, 11) is 0. The molecular weight excluding hydrogens is 246 g/mol. The van der Waals surface area contributed by atoms with E-state index in [0.717, 1.165) is 17.7 Å². The van der Waals surface area contributed by atoms with Gasteiger partial charge in [-0.15, -0.1) is 11.3 Å². The molecule has 1 aliphatic carbocycles. The first kappa shape index (κ1) is 11.0. The Morgan fingerprint density at radius 2 is 2.22 bits per heavy atom. The van der Waals surface area contributed by atoms with Crippen molar-refractivity contribution in [1.82, 2.24) is 5.32 Å². The van der Waals surface area contributed by atoms with Gasteiger partial charge in [-0.2, -0.15) is 0 Å². The van der Waals surface area contributed by atoms with Gasteiger partial charge in [-0.25, -0.2) is 0 Å². The third-order valence-corrected chi connectivity index (χ3v) is 5.27. The molecule has 0 aromatic carbocycles. The SMILES string of the molecule is O=C(NC1CC2CCC1O2)c1sccc1C1CC1. The highest BCUT2D eigenvalue weighted by Crippen LogP contribution is 2.43. The lowest BCUT2D eigenvalue weighted by molar-refractivity contribution is 0.0843. The third-order valence-electron chi connectivity index (χ3n) is 4.34. The van der Waals surface area contributed by atoms with Crippen LogP contribution >= 0.6 is 11.3 Å². The summed E-state index contributed by atoms with van der Waals surface area (Å²) in [5, 5.41) is 5.22. The lowest BCUT2D eigenvalue weighted by Crippen LogP contribution is -2.41. The second-order valence-electron chi connectivity index (χ2n) is 5.67. The van der Waals surface area contributed by atoms with Crippen molar-refractivity contribution in [3.8, 4) is 0 Å². The first-order chi connectivity index (χ1) is 8.81. The molecule has 1 aromatic rings. The fourth-order valence-corrected chi connectivity index (χ4v) is 4.13. The zero-order valence-electron chi connectivity index (χ0n) is 10.2. The number of rotatable bonds is 3. The van der Waals surface area contributed by atoms with Crippen molar-refractivity contribution in [2.24, 2.45) is 0 Å². The maximum atomic E-state index is 12.3. The van der Waals surface area contributed by atoms with Crippen molar-refractivity contribution < 1.29 is 9.53 Å². The molecular formula is C14H17NO2S. The largest absolute Gasteiger partial charge is 0.373 e. The van der Waals surface area contributed by atoms with Crippen LogP contribution in [-0.4, -0.2) is 24.2 Å². The maximum Gasteiger partial charge on any atom is 0.261 e. The minimum Gasteiger partial charge on any atom is -0.373 e. The van der Waals surface area contributed by atoms with Gasteiger partial charge in [-0.3, -0.25) is 4.79 Å². The summed E-state index contributed by atoms with van der Waals surface area (Å²) in [4.78, 5) is 13.3. The van der Waals surface area contributed by atoms with Crippen LogP contribution in [0.5, 0.6) is 0 Å². The van der Waals surface area contributed by atoms with Gasteiger partial charge in [-0.1, -0.05) is 0 Å². The van der Waals surface area contributed by atoms with Gasteiger partial charge >= 0.3 is 0 Å². The molecule has 3 heterocycles. The number of amides is 1. The summed E-state index contributed by atoms with van der Waals surface area (Å²) in [6.07, 6.45) is 6.43. The fourth-order valence-electron chi connectivity index (χ4n) is 3.24. The van der Waals surface area contributed by atoms with E-state index >= 15 is 0 Å². The highest BCUT2D eigenvalue weighted by molar-refractivity contribution is 7.12. The average molecular weight is 263 g/mol. The van der Waals surface area contributed by atoms with Crippen LogP contribution in [0, 0.1) is 0 Å². The van der Waals surface area contributed by atoms with Gasteiger partial charge in [0.2, 0.25) is 0 Å². The Hall–Kier alpha value is -0.870. The van der Waals surface area contributed by atoms with Gasteiger partial charge in [0, 0.05) is 0 Å². The van der Waals surface area contributed by atoms with Crippen LogP contribution in [0.3, 0.4) is 0 Å². The summed E-state index contributed by atoms with van der Waals surface area (Å²) in [5.41, 5.74) is 1.27. The van der Waals surface area contributed by atoms with Crippen LogP contribution in [0.1, 0.15) is 53.3 Å². The van der Waals surface area contributed by atoms with Gasteiger partial charge in [0.05, 0.1) is 23.1 Å². The standard InChI is InChI=1S/C14H17NO2S/c16-14(13-10(5-6-18-13)8-1-2-8)15-11-7-9-3-4-12(11)17-9/h5-6,8-9,11-12H,1-4,7H2,(H,15,16). The van der Waals surface area contributed by atoms with Crippen LogP contribution < -0.4 is 5.32 Å². The molecule has 0 spiro atoms. The molecule has 3 nitrogen and oxygen atoms in total. The van der Waals surface area contributed by atoms with E-state index < -0.39 is 0 Å². The van der Waals surface area contributed by atoms with E-state index in [2.05, 4.69) is 11.4 Å². The predicted molar refractivity (Wildman–Crippen MR) is 70.1 cm³/mol. The summed E-state index contributed by atoms with van der Waals surface area (Å²) >= 11 is 1.58. The molecule has 1 amide bonds. The van der Waals surface area contributed by atoms with Crippen LogP contribution in [0.25, 0.3) is 0 Å². The van der Waals surface area contributed by atoms with Crippen molar-refractivity contribution in [3.05, 3.63) is 21.9 Å². The Balaban J connectivity index is 1.48. The van der Waals surface area contributed by atoms with Crippen molar-refractivity contribution in [2.75, 3.05) is 0 Å². The van der Waals surface area contributed by atoms with E-state index in [4.69, 9.17) is 4.74 Å². The lowest BCUT2D eigenvalue weighted by Gasteiger charge is -2.19. The summed E-state index contributed by atoms with van der Waals surface area (Å²) in [6.45, 7) is 0. The van der Waals surface area contributed by atoms with Gasteiger partial charge in [0.15, 0.2) is 0 Å². The smallest absolute Gasteiger partial charge is 0.261 e. The normalized spacial score (nSPS) is 33.9. The molecule has 2 saturated heterocycles. The average Bonchev–Trinajstić information content (AvgIpc) is 2.81. The molecule has 3 fully saturated rings. The van der Waals surface area contributed by atoms with Gasteiger partial charge in [0.1, 0.15) is 0 Å². The molecule has 3 aliphatic rings. The highest BCUT2D eigenvalue weighted by atomic mass is 32.1. The van der Waals surface area contributed by atoms with E-state index in [1.807, 2.05) is 5.38 Å². The molecule has 1 N–H and O–H groups in total. The number of thiophene rings is 1. The number of carbonyl (C=O) groups excluding carboxylic acids is 1. The first-order valence-corrected chi connectivity index (χ1v) is 7.73. The Labute approximate surface area is 111 Å². The highest BCUT2D eigenvalue weighted by Gasteiger charge is 2.42. The zero-order valence-corrected chi connectivity index (χ0v) is 11.0. The van der Waals surface area contributed by atoms with E-state index in [1.54, 1.807) is 11.3 Å². The third kappa shape index (κ3) is 1.79. The van der Waals surface area contributed by atoms with Crippen LogP contribution in [0.4, 0.5) is 0 Å². The molecule has 3 unspecified atom stereocenters. The van der Waals surface area contributed by atoms with Crippen molar-refractivity contribution in [1.29, 1.82) is 0 Å². The topological polar surface area (TPSA) is 38.3 Å². The molecule has 1 saturated carbocycles. The molecule has 4 heteroatoms. The fraction of sp³-hybridized carbons (Fsp3) is 0.643. The number of hydrogen-bond donors (Lipinski definition) is 1. The van der Waals surface area contributed by atoms with E-state index in [1.165, 1.54) is 24.8 Å². The second-order valence-corrected chi connectivity index (χ2v) is 6.59. The monoisotopic (exact) mass is 263 g/mol. The van der Waals surface area contributed by atoms with E-state index in [0.29, 0.717) is 12.0 Å². The maximum absolute atomic E-state index is 12.3. The lowest BCUT2D eigenvalue weighted by atomic mass is 9.95. The molecule has 96 valence electrons. The molecule has 2 aliphatic heterocycles. The first-order valence-electron chi connectivity index (χ1n) is 6.85. The van der Waals surface area contributed by atoms with Crippen LogP contribution in [0.15, 0.2) is 11.4 Å². The number of nitrogens with one attached hydrogen (secondary N) is 1. The molecule has 2 bridgehead atoms. The number of fused-ring (bicyclic) bond motifs is 2. The zero-order chi connectivity index (χ0) is 12.1. The van der Waals surface area contributed by atoms with Crippen molar-refractivity contribution in [2.45, 2.75) is 56.3 Å². The predicted octanol–water partition coefficient (Wildman–Crippen LogP) is 2.68. The second kappa shape index (κ2) is 4.07. The Kier molecular flexibility index (Phi) is 2.49. The van der Waals surface area contributed by atoms with Crippen LogP contribution in [0.2, 0.25) is 0 Å². The molecule has 4 rings (SSSR count). The summed E-state index contributed by atoms with van der Waals surface area (Å²) in [5.74, 6) is 0.765. The quantitative estimate of drug-likeness (QED) is 0.910. The summed E-state index contributed by atoms with van der Waals surface area (Å²) in [6, 6.07) is 2.36. The minimum atomic E-state index is 0.119. The Morgan fingerprint density at radius 3 is 2.89 bits per heavy atom. The summed E-state index contributed by atoms with van der Waals surface area (Å²) < 4.78 is 5.78. The molecule has 0 radical (unpaired) electrons. The number of ether oxygens (including phenoxy) is 1. The van der Waals surface area contributed by atoms with E-state index in [9.17, 15) is 4.79 Å². The van der Waals surface area contributed by atoms with E-state index in [-0.39, 0.29) is 18.1 Å². The van der Waals surface area contributed by atoms with Crippen molar-refractivity contribution >= 4 is 17.2 Å².